The van der Waals surface area contributed by atoms with Crippen LogP contribution in [0.15, 0.2) is 5.38 Å². The van der Waals surface area contributed by atoms with Gasteiger partial charge in [-0.15, -0.1) is 11.3 Å². The molecule has 1 aromatic heterocycles. The third-order valence-corrected chi connectivity index (χ3v) is 5.23. The van der Waals surface area contributed by atoms with E-state index in [9.17, 15) is 0 Å². The highest BCUT2D eigenvalue weighted by atomic mass is 32.1. The van der Waals surface area contributed by atoms with Gasteiger partial charge in [-0.05, 0) is 39.3 Å². The Labute approximate surface area is 126 Å². The van der Waals surface area contributed by atoms with Crippen LogP contribution in [0, 0.1) is 0 Å². The molecule has 2 fully saturated rings. The van der Waals surface area contributed by atoms with Crippen molar-refractivity contribution in [2.75, 3.05) is 31.6 Å². The lowest BCUT2D eigenvalue weighted by molar-refractivity contribution is 0.328. The average molecular weight is 294 g/mol. The minimum Gasteiger partial charge on any atom is -0.344 e. The normalized spacial score (nSPS) is 24.9. The maximum Gasteiger partial charge on any atom is 0.185 e. The minimum atomic E-state index is 0.609. The number of nitrogens with one attached hydrogen (secondary N) is 1. The van der Waals surface area contributed by atoms with Gasteiger partial charge in [0, 0.05) is 37.1 Å². The van der Waals surface area contributed by atoms with Crippen molar-refractivity contribution in [3.63, 3.8) is 0 Å². The van der Waals surface area contributed by atoms with Crippen LogP contribution in [-0.4, -0.2) is 48.6 Å². The lowest BCUT2D eigenvalue weighted by atomic mass is 10.2. The molecule has 1 unspecified atom stereocenters. The average Bonchev–Trinajstić information content (AvgIpc) is 3.20. The van der Waals surface area contributed by atoms with Crippen LogP contribution in [0.2, 0.25) is 0 Å². The summed E-state index contributed by atoms with van der Waals surface area (Å²) >= 11 is 1.81. The van der Waals surface area contributed by atoms with Gasteiger partial charge in [0.05, 0.1) is 5.69 Å². The summed E-state index contributed by atoms with van der Waals surface area (Å²) in [5, 5.41) is 7.00. The van der Waals surface area contributed by atoms with E-state index < -0.39 is 0 Å². The van der Waals surface area contributed by atoms with Crippen molar-refractivity contribution in [1.82, 2.24) is 15.2 Å². The molecule has 0 aromatic carbocycles. The molecule has 1 aliphatic carbocycles. The first kappa shape index (κ1) is 14.3. The molecule has 1 saturated heterocycles. The van der Waals surface area contributed by atoms with E-state index in [4.69, 9.17) is 4.98 Å². The molecule has 0 radical (unpaired) electrons. The minimum absolute atomic E-state index is 0.609. The third-order valence-electron chi connectivity index (χ3n) is 4.31. The summed E-state index contributed by atoms with van der Waals surface area (Å²) < 4.78 is 0. The van der Waals surface area contributed by atoms with Crippen LogP contribution in [-0.2, 0) is 6.54 Å². The topological polar surface area (TPSA) is 31.4 Å². The summed E-state index contributed by atoms with van der Waals surface area (Å²) in [5.41, 5.74) is 1.21. The van der Waals surface area contributed by atoms with Gasteiger partial charge in [-0.1, -0.05) is 6.92 Å². The number of nitrogens with zero attached hydrogens (tertiary/aromatic N) is 3. The Morgan fingerprint density at radius 1 is 1.40 bits per heavy atom. The van der Waals surface area contributed by atoms with Crippen molar-refractivity contribution in [1.29, 1.82) is 0 Å². The molecule has 5 heteroatoms. The van der Waals surface area contributed by atoms with Crippen LogP contribution < -0.4 is 10.2 Å². The fraction of sp³-hybridized carbons (Fsp3) is 0.800. The van der Waals surface area contributed by atoms with Gasteiger partial charge in [0.2, 0.25) is 0 Å². The van der Waals surface area contributed by atoms with E-state index in [2.05, 4.69) is 34.5 Å². The van der Waals surface area contributed by atoms with E-state index in [-0.39, 0.29) is 0 Å². The fourth-order valence-corrected chi connectivity index (χ4v) is 3.81. The molecule has 0 bridgehead atoms. The predicted octanol–water partition coefficient (Wildman–Crippen LogP) is 2.32. The molecule has 2 heterocycles. The van der Waals surface area contributed by atoms with Crippen LogP contribution in [0.3, 0.4) is 0 Å². The summed E-state index contributed by atoms with van der Waals surface area (Å²) in [4.78, 5) is 9.85. The molecule has 20 heavy (non-hydrogen) atoms. The van der Waals surface area contributed by atoms with Crippen molar-refractivity contribution in [2.45, 2.75) is 51.2 Å². The van der Waals surface area contributed by atoms with Gasteiger partial charge < -0.3 is 15.1 Å². The van der Waals surface area contributed by atoms with Crippen LogP contribution in [0.1, 0.15) is 38.3 Å². The Bertz CT molecular complexity index is 429. The monoisotopic (exact) mass is 294 g/mol. The Kier molecular flexibility index (Phi) is 4.58. The summed E-state index contributed by atoms with van der Waals surface area (Å²) in [6.07, 6.45) is 5.11. The SMILES string of the molecule is CCC1CN(C)CCCN1c1nc(CNC2CC2)cs1. The van der Waals surface area contributed by atoms with Crippen molar-refractivity contribution >= 4 is 16.5 Å². The van der Waals surface area contributed by atoms with Gasteiger partial charge in [0.1, 0.15) is 0 Å². The number of hydrogen-bond acceptors (Lipinski definition) is 5. The molecule has 0 spiro atoms. The molecule has 3 rings (SSSR count). The van der Waals surface area contributed by atoms with Crippen molar-refractivity contribution < 1.29 is 0 Å². The number of likely N-dealkylation sites (N-methyl/N-ethyl adjacent to an activating group) is 1. The van der Waals surface area contributed by atoms with E-state index in [1.165, 1.54) is 43.1 Å². The van der Waals surface area contributed by atoms with Crippen molar-refractivity contribution in [2.24, 2.45) is 0 Å². The Morgan fingerprint density at radius 3 is 3.00 bits per heavy atom. The maximum absolute atomic E-state index is 4.86. The third kappa shape index (κ3) is 3.51. The number of thiazole rings is 1. The van der Waals surface area contributed by atoms with Gasteiger partial charge in [-0.2, -0.15) is 0 Å². The molecule has 1 N–H and O–H groups in total. The zero-order chi connectivity index (χ0) is 13.9. The van der Waals surface area contributed by atoms with E-state index in [1.807, 2.05) is 11.3 Å². The lowest BCUT2D eigenvalue weighted by Gasteiger charge is -2.29. The van der Waals surface area contributed by atoms with Crippen molar-refractivity contribution in [3.8, 4) is 0 Å². The van der Waals surface area contributed by atoms with Gasteiger partial charge in [0.25, 0.3) is 0 Å². The first-order valence-electron chi connectivity index (χ1n) is 7.89. The zero-order valence-corrected chi connectivity index (χ0v) is 13.5. The second kappa shape index (κ2) is 6.41. The molecule has 1 saturated carbocycles. The largest absolute Gasteiger partial charge is 0.344 e. The van der Waals surface area contributed by atoms with E-state index >= 15 is 0 Å². The maximum atomic E-state index is 4.86. The van der Waals surface area contributed by atoms with Gasteiger partial charge in [0.15, 0.2) is 5.13 Å². The highest BCUT2D eigenvalue weighted by molar-refractivity contribution is 7.13. The first-order valence-corrected chi connectivity index (χ1v) is 8.77. The molecule has 112 valence electrons. The second-order valence-electron chi connectivity index (χ2n) is 6.15. The fourth-order valence-electron chi connectivity index (χ4n) is 2.89. The molecule has 1 aliphatic heterocycles. The summed E-state index contributed by atoms with van der Waals surface area (Å²) in [7, 11) is 2.24. The summed E-state index contributed by atoms with van der Waals surface area (Å²) in [6, 6.07) is 1.37. The number of aromatic nitrogens is 1. The van der Waals surface area contributed by atoms with Gasteiger partial charge in [-0.3, -0.25) is 0 Å². The number of rotatable bonds is 5. The molecule has 1 atom stereocenters. The molecule has 0 amide bonds. The van der Waals surface area contributed by atoms with Crippen molar-refractivity contribution in [3.05, 3.63) is 11.1 Å². The van der Waals surface area contributed by atoms with E-state index in [0.29, 0.717) is 6.04 Å². The Hall–Kier alpha value is -0.650. The van der Waals surface area contributed by atoms with Gasteiger partial charge >= 0.3 is 0 Å². The number of hydrogen-bond donors (Lipinski definition) is 1. The van der Waals surface area contributed by atoms with Crippen LogP contribution in [0.5, 0.6) is 0 Å². The summed E-state index contributed by atoms with van der Waals surface area (Å²) in [5.74, 6) is 0. The molecule has 4 nitrogen and oxygen atoms in total. The van der Waals surface area contributed by atoms with Gasteiger partial charge in [-0.25, -0.2) is 4.98 Å². The van der Waals surface area contributed by atoms with E-state index in [1.54, 1.807) is 0 Å². The smallest absolute Gasteiger partial charge is 0.185 e. The number of anilines is 1. The molecular formula is C15H26N4S. The Morgan fingerprint density at radius 2 is 2.25 bits per heavy atom. The molecular weight excluding hydrogens is 268 g/mol. The summed E-state index contributed by atoms with van der Waals surface area (Å²) in [6.45, 7) is 6.73. The van der Waals surface area contributed by atoms with Crippen LogP contribution in [0.25, 0.3) is 0 Å². The van der Waals surface area contributed by atoms with Crippen LogP contribution >= 0.6 is 11.3 Å². The molecule has 2 aliphatic rings. The lowest BCUT2D eigenvalue weighted by Crippen LogP contribution is -2.39. The van der Waals surface area contributed by atoms with Crippen LogP contribution in [0.4, 0.5) is 5.13 Å². The second-order valence-corrected chi connectivity index (χ2v) is 6.98. The Balaban J connectivity index is 1.65. The quantitative estimate of drug-likeness (QED) is 0.903. The standard InChI is InChI=1S/C15H26N4S/c1-3-14-10-18(2)7-4-8-19(14)15-17-13(11-20-15)9-16-12-5-6-12/h11-12,14,16H,3-10H2,1-2H3. The highest BCUT2D eigenvalue weighted by Gasteiger charge is 2.25. The first-order chi connectivity index (χ1) is 9.76. The van der Waals surface area contributed by atoms with E-state index in [0.717, 1.165) is 25.7 Å². The molecule has 1 aromatic rings. The highest BCUT2D eigenvalue weighted by Crippen LogP contribution is 2.26. The predicted molar refractivity (Wildman–Crippen MR) is 85.5 cm³/mol. The zero-order valence-electron chi connectivity index (χ0n) is 12.6.